The van der Waals surface area contributed by atoms with Gasteiger partial charge < -0.3 is 9.47 Å². The van der Waals surface area contributed by atoms with Gasteiger partial charge in [0.15, 0.2) is 6.29 Å². The van der Waals surface area contributed by atoms with Gasteiger partial charge in [0.25, 0.3) is 0 Å². The van der Waals surface area contributed by atoms with E-state index in [-0.39, 0.29) is 6.29 Å². The molecule has 1 fully saturated rings. The van der Waals surface area contributed by atoms with Crippen LogP contribution in [0, 0.1) is 0 Å². The molecule has 0 aromatic carbocycles. The smallest absolute Gasteiger partial charge is 0.184 e. The average Bonchev–Trinajstić information content (AvgIpc) is 2.95. The van der Waals surface area contributed by atoms with E-state index in [1.165, 1.54) is 38.5 Å². The van der Waals surface area contributed by atoms with E-state index in [0.29, 0.717) is 6.10 Å². The third-order valence-electron chi connectivity index (χ3n) is 2.72. The fourth-order valence-corrected chi connectivity index (χ4v) is 1.64. The second-order valence-electron chi connectivity index (χ2n) is 4.09. The van der Waals surface area contributed by atoms with Crippen LogP contribution in [0.4, 0.5) is 0 Å². The van der Waals surface area contributed by atoms with Crippen molar-refractivity contribution in [3.8, 4) is 0 Å². The van der Waals surface area contributed by atoms with Crippen molar-refractivity contribution in [3.63, 3.8) is 0 Å². The second-order valence-corrected chi connectivity index (χ2v) is 4.09. The first-order valence-electron chi connectivity index (χ1n) is 6.15. The zero-order valence-corrected chi connectivity index (χ0v) is 9.63. The summed E-state index contributed by atoms with van der Waals surface area (Å²) >= 11 is 0. The van der Waals surface area contributed by atoms with Crippen LogP contribution in [0.25, 0.3) is 0 Å². The number of rotatable bonds is 9. The maximum Gasteiger partial charge on any atom is 0.184 e. The summed E-state index contributed by atoms with van der Waals surface area (Å²) in [5, 5.41) is 0. The standard InChI is InChI=1S/C12H24O2/c1-3-5-6-7-8-9-10-13-12-11(4-2)14-12/h11-12H,3-10H2,1-2H3. The molecule has 0 saturated carbocycles. The normalized spacial score (nSPS) is 25.3. The Hall–Kier alpha value is -0.0800. The van der Waals surface area contributed by atoms with Gasteiger partial charge in [0.1, 0.15) is 6.10 Å². The molecule has 0 aliphatic carbocycles. The van der Waals surface area contributed by atoms with Crippen LogP contribution < -0.4 is 0 Å². The molecule has 0 amide bonds. The van der Waals surface area contributed by atoms with Crippen LogP contribution in [0.3, 0.4) is 0 Å². The number of ether oxygens (including phenoxy) is 2. The molecule has 2 nitrogen and oxygen atoms in total. The summed E-state index contributed by atoms with van der Waals surface area (Å²) < 4.78 is 10.8. The van der Waals surface area contributed by atoms with Crippen molar-refractivity contribution in [3.05, 3.63) is 0 Å². The minimum atomic E-state index is 0.135. The van der Waals surface area contributed by atoms with Crippen LogP contribution in [0.2, 0.25) is 0 Å². The van der Waals surface area contributed by atoms with Crippen LogP contribution in [-0.4, -0.2) is 19.0 Å². The van der Waals surface area contributed by atoms with Crippen molar-refractivity contribution in [2.24, 2.45) is 0 Å². The fourth-order valence-electron chi connectivity index (χ4n) is 1.64. The lowest BCUT2D eigenvalue weighted by atomic mass is 10.1. The highest BCUT2D eigenvalue weighted by molar-refractivity contribution is 4.74. The zero-order chi connectivity index (χ0) is 10.2. The molecule has 1 rings (SSSR count). The van der Waals surface area contributed by atoms with E-state index < -0.39 is 0 Å². The first kappa shape index (κ1) is 12.0. The molecule has 1 saturated heterocycles. The lowest BCUT2D eigenvalue weighted by Gasteiger charge is -2.00. The van der Waals surface area contributed by atoms with Crippen LogP contribution in [-0.2, 0) is 9.47 Å². The predicted octanol–water partition coefficient (Wildman–Crippen LogP) is 3.50. The van der Waals surface area contributed by atoms with Gasteiger partial charge in [0, 0.05) is 6.61 Å². The maximum absolute atomic E-state index is 5.54. The first-order chi connectivity index (χ1) is 6.88. The average molecular weight is 200 g/mol. The van der Waals surface area contributed by atoms with Gasteiger partial charge in [-0.2, -0.15) is 0 Å². The van der Waals surface area contributed by atoms with Gasteiger partial charge in [-0.05, 0) is 12.8 Å². The van der Waals surface area contributed by atoms with E-state index in [1.807, 2.05) is 0 Å². The Balaban J connectivity index is 1.73. The molecule has 0 radical (unpaired) electrons. The van der Waals surface area contributed by atoms with Gasteiger partial charge in [-0.25, -0.2) is 0 Å². The SMILES string of the molecule is CCCCCCCCOC1OC1CC. The Kier molecular flexibility index (Phi) is 6.20. The van der Waals surface area contributed by atoms with Crippen LogP contribution >= 0.6 is 0 Å². The molecule has 0 aromatic heterocycles. The third-order valence-corrected chi connectivity index (χ3v) is 2.72. The first-order valence-corrected chi connectivity index (χ1v) is 6.15. The van der Waals surface area contributed by atoms with Crippen molar-refractivity contribution in [1.82, 2.24) is 0 Å². The molecule has 2 unspecified atom stereocenters. The highest BCUT2D eigenvalue weighted by atomic mass is 16.8. The van der Waals surface area contributed by atoms with Gasteiger partial charge >= 0.3 is 0 Å². The van der Waals surface area contributed by atoms with Crippen molar-refractivity contribution < 1.29 is 9.47 Å². The van der Waals surface area contributed by atoms with Gasteiger partial charge in [0.05, 0.1) is 0 Å². The molecule has 2 heteroatoms. The van der Waals surface area contributed by atoms with Crippen molar-refractivity contribution in [2.75, 3.05) is 6.61 Å². The highest BCUT2D eigenvalue weighted by Gasteiger charge is 2.37. The number of unbranched alkanes of at least 4 members (excludes halogenated alkanes) is 5. The van der Waals surface area contributed by atoms with E-state index in [0.717, 1.165) is 13.0 Å². The summed E-state index contributed by atoms with van der Waals surface area (Å²) in [6.45, 7) is 5.27. The number of hydrogen-bond donors (Lipinski definition) is 0. The molecule has 0 spiro atoms. The van der Waals surface area contributed by atoms with E-state index in [1.54, 1.807) is 0 Å². The van der Waals surface area contributed by atoms with Crippen molar-refractivity contribution >= 4 is 0 Å². The zero-order valence-electron chi connectivity index (χ0n) is 9.63. The Labute approximate surface area is 88.0 Å². The molecule has 1 heterocycles. The molecule has 1 aliphatic heterocycles. The minimum absolute atomic E-state index is 0.135. The van der Waals surface area contributed by atoms with E-state index >= 15 is 0 Å². The minimum Gasteiger partial charge on any atom is -0.350 e. The number of epoxide rings is 1. The summed E-state index contributed by atoms with van der Waals surface area (Å²) in [6.07, 6.45) is 9.57. The van der Waals surface area contributed by atoms with Crippen LogP contribution in [0.1, 0.15) is 58.8 Å². The third kappa shape index (κ3) is 4.97. The van der Waals surface area contributed by atoms with E-state index in [4.69, 9.17) is 9.47 Å². The molecule has 0 bridgehead atoms. The van der Waals surface area contributed by atoms with Crippen LogP contribution in [0.15, 0.2) is 0 Å². The molecular formula is C12H24O2. The topological polar surface area (TPSA) is 21.8 Å². The molecule has 14 heavy (non-hydrogen) atoms. The van der Waals surface area contributed by atoms with E-state index in [2.05, 4.69) is 13.8 Å². The summed E-state index contributed by atoms with van der Waals surface area (Å²) in [6, 6.07) is 0. The molecule has 2 atom stereocenters. The Morgan fingerprint density at radius 1 is 1.00 bits per heavy atom. The largest absolute Gasteiger partial charge is 0.350 e. The van der Waals surface area contributed by atoms with Gasteiger partial charge in [-0.3, -0.25) is 0 Å². The lowest BCUT2D eigenvalue weighted by molar-refractivity contribution is 0.0478. The summed E-state index contributed by atoms with van der Waals surface area (Å²) in [5.41, 5.74) is 0. The molecule has 84 valence electrons. The molecular weight excluding hydrogens is 176 g/mol. The van der Waals surface area contributed by atoms with Crippen LogP contribution in [0.5, 0.6) is 0 Å². The van der Waals surface area contributed by atoms with Gasteiger partial charge in [0.2, 0.25) is 0 Å². The highest BCUT2D eigenvalue weighted by Crippen LogP contribution is 2.26. The molecule has 1 aliphatic rings. The Morgan fingerprint density at radius 2 is 1.71 bits per heavy atom. The fraction of sp³-hybridized carbons (Fsp3) is 1.00. The second kappa shape index (κ2) is 7.24. The molecule has 0 N–H and O–H groups in total. The van der Waals surface area contributed by atoms with Gasteiger partial charge in [-0.1, -0.05) is 46.0 Å². The summed E-state index contributed by atoms with van der Waals surface area (Å²) in [4.78, 5) is 0. The van der Waals surface area contributed by atoms with E-state index in [9.17, 15) is 0 Å². The monoisotopic (exact) mass is 200 g/mol. The Bertz CT molecular complexity index is 136. The quantitative estimate of drug-likeness (QED) is 0.420. The number of hydrogen-bond acceptors (Lipinski definition) is 2. The lowest BCUT2D eigenvalue weighted by Crippen LogP contribution is -2.01. The summed E-state index contributed by atoms with van der Waals surface area (Å²) in [5.74, 6) is 0. The van der Waals surface area contributed by atoms with Crippen molar-refractivity contribution in [2.45, 2.75) is 71.2 Å². The van der Waals surface area contributed by atoms with Gasteiger partial charge in [-0.15, -0.1) is 0 Å². The Morgan fingerprint density at radius 3 is 2.36 bits per heavy atom. The maximum atomic E-state index is 5.54. The molecule has 0 aromatic rings. The predicted molar refractivity (Wildman–Crippen MR) is 58.3 cm³/mol. The van der Waals surface area contributed by atoms with Crippen molar-refractivity contribution in [1.29, 1.82) is 0 Å². The summed E-state index contributed by atoms with van der Waals surface area (Å²) in [7, 11) is 0.